The van der Waals surface area contributed by atoms with Crippen molar-refractivity contribution in [2.75, 3.05) is 0 Å². The van der Waals surface area contributed by atoms with Crippen molar-refractivity contribution < 1.29 is 13.2 Å². The van der Waals surface area contributed by atoms with Crippen molar-refractivity contribution in [3.63, 3.8) is 0 Å². The molecule has 16 heavy (non-hydrogen) atoms. The lowest BCUT2D eigenvalue weighted by Crippen LogP contribution is -2.18. The van der Waals surface area contributed by atoms with Gasteiger partial charge in [0.25, 0.3) is 0 Å². The second-order valence-electron chi connectivity index (χ2n) is 4.80. The van der Waals surface area contributed by atoms with Crippen LogP contribution in [0.25, 0.3) is 0 Å². The molecule has 3 heteroatoms. The van der Waals surface area contributed by atoms with Gasteiger partial charge < -0.3 is 0 Å². The zero-order valence-electron chi connectivity index (χ0n) is 9.49. The van der Waals surface area contributed by atoms with Crippen LogP contribution in [0.1, 0.15) is 35.6 Å². The summed E-state index contributed by atoms with van der Waals surface area (Å²) in [5.41, 5.74) is 1.71. The van der Waals surface area contributed by atoms with E-state index in [0.717, 1.165) is 18.4 Å². The van der Waals surface area contributed by atoms with Crippen LogP contribution in [-0.4, -0.2) is 0 Å². The second-order valence-corrected chi connectivity index (χ2v) is 4.80. The average Bonchev–Trinajstić information content (AvgIpc) is 2.16. The summed E-state index contributed by atoms with van der Waals surface area (Å²) in [7, 11) is 0. The molecule has 0 nitrogen and oxygen atoms in total. The van der Waals surface area contributed by atoms with Crippen molar-refractivity contribution in [3.05, 3.63) is 34.4 Å². The number of hydrogen-bond acceptors (Lipinski definition) is 0. The van der Waals surface area contributed by atoms with Gasteiger partial charge in [0.15, 0.2) is 0 Å². The summed E-state index contributed by atoms with van der Waals surface area (Å²) in [4.78, 5) is 0. The molecule has 0 N–H and O–H groups in total. The molecule has 2 rings (SSSR count). The Morgan fingerprint density at radius 3 is 2.56 bits per heavy atom. The van der Waals surface area contributed by atoms with Gasteiger partial charge in [-0.15, -0.1) is 0 Å². The summed E-state index contributed by atoms with van der Waals surface area (Å²) in [6.45, 7) is 3.75. The van der Waals surface area contributed by atoms with Crippen LogP contribution in [0.2, 0.25) is 0 Å². The minimum atomic E-state index is -4.22. The molecule has 1 aromatic rings. The average molecular weight is 228 g/mol. The van der Waals surface area contributed by atoms with Gasteiger partial charge in [0.1, 0.15) is 0 Å². The third kappa shape index (κ3) is 2.08. The first-order chi connectivity index (χ1) is 7.38. The molecule has 0 aliphatic heterocycles. The number of fused-ring (bicyclic) bond motifs is 1. The SMILES string of the molecule is Cc1cc2c(c(C(F)(F)F)c1)CC(C)CC2. The van der Waals surface area contributed by atoms with E-state index in [9.17, 15) is 13.2 Å². The van der Waals surface area contributed by atoms with Crippen molar-refractivity contribution in [2.24, 2.45) is 5.92 Å². The minimum absolute atomic E-state index is 0.358. The predicted octanol–water partition coefficient (Wildman–Crippen LogP) is 4.14. The van der Waals surface area contributed by atoms with E-state index in [0.29, 0.717) is 23.5 Å². The summed E-state index contributed by atoms with van der Waals surface area (Å²) in [5, 5.41) is 0. The molecular weight excluding hydrogens is 213 g/mol. The zero-order valence-corrected chi connectivity index (χ0v) is 9.49. The number of halogens is 3. The first-order valence-corrected chi connectivity index (χ1v) is 5.57. The fraction of sp³-hybridized carbons (Fsp3) is 0.538. The predicted molar refractivity (Wildman–Crippen MR) is 57.4 cm³/mol. The quantitative estimate of drug-likeness (QED) is 0.626. The highest BCUT2D eigenvalue weighted by molar-refractivity contribution is 5.42. The highest BCUT2D eigenvalue weighted by Crippen LogP contribution is 2.38. The van der Waals surface area contributed by atoms with E-state index < -0.39 is 11.7 Å². The number of benzene rings is 1. The van der Waals surface area contributed by atoms with Crippen molar-refractivity contribution in [1.29, 1.82) is 0 Å². The van der Waals surface area contributed by atoms with E-state index in [1.165, 1.54) is 6.07 Å². The number of hydrogen-bond donors (Lipinski definition) is 0. The molecule has 0 fully saturated rings. The van der Waals surface area contributed by atoms with Gasteiger partial charge in [0.2, 0.25) is 0 Å². The molecule has 0 aromatic heterocycles. The van der Waals surface area contributed by atoms with Crippen LogP contribution < -0.4 is 0 Å². The Morgan fingerprint density at radius 1 is 1.25 bits per heavy atom. The maximum absolute atomic E-state index is 12.9. The van der Waals surface area contributed by atoms with Gasteiger partial charge >= 0.3 is 6.18 Å². The third-order valence-electron chi connectivity index (χ3n) is 3.25. The minimum Gasteiger partial charge on any atom is -0.166 e. The van der Waals surface area contributed by atoms with E-state index in [2.05, 4.69) is 0 Å². The van der Waals surface area contributed by atoms with Crippen LogP contribution in [-0.2, 0) is 19.0 Å². The van der Waals surface area contributed by atoms with Gasteiger partial charge in [-0.2, -0.15) is 13.2 Å². The van der Waals surface area contributed by atoms with E-state index in [1.54, 1.807) is 6.92 Å². The largest absolute Gasteiger partial charge is 0.416 e. The molecule has 88 valence electrons. The Bertz CT molecular complexity index is 404. The van der Waals surface area contributed by atoms with Gasteiger partial charge in [0.05, 0.1) is 5.56 Å². The monoisotopic (exact) mass is 228 g/mol. The molecule has 0 bridgehead atoms. The summed E-state index contributed by atoms with van der Waals surface area (Å²) >= 11 is 0. The van der Waals surface area contributed by atoms with Crippen LogP contribution in [0.15, 0.2) is 12.1 Å². The first kappa shape index (κ1) is 11.5. The van der Waals surface area contributed by atoms with Crippen molar-refractivity contribution >= 4 is 0 Å². The Kier molecular flexibility index (Phi) is 2.72. The summed E-state index contributed by atoms with van der Waals surface area (Å²) in [6, 6.07) is 3.17. The Morgan fingerprint density at radius 2 is 1.94 bits per heavy atom. The number of alkyl halides is 3. The molecule has 1 unspecified atom stereocenters. The van der Waals surface area contributed by atoms with Gasteiger partial charge in [-0.1, -0.05) is 18.6 Å². The summed E-state index contributed by atoms with van der Waals surface area (Å²) < 4.78 is 38.6. The zero-order chi connectivity index (χ0) is 11.9. The smallest absolute Gasteiger partial charge is 0.166 e. The molecule has 1 atom stereocenters. The lowest BCUT2D eigenvalue weighted by Gasteiger charge is -2.25. The fourth-order valence-electron chi connectivity index (χ4n) is 2.46. The van der Waals surface area contributed by atoms with Gasteiger partial charge in [0, 0.05) is 0 Å². The van der Waals surface area contributed by atoms with Gasteiger partial charge in [-0.3, -0.25) is 0 Å². The van der Waals surface area contributed by atoms with E-state index in [1.807, 2.05) is 13.0 Å². The molecule has 0 spiro atoms. The van der Waals surface area contributed by atoms with Gasteiger partial charge in [-0.25, -0.2) is 0 Å². The van der Waals surface area contributed by atoms with E-state index in [4.69, 9.17) is 0 Å². The second kappa shape index (κ2) is 3.79. The van der Waals surface area contributed by atoms with Crippen molar-refractivity contribution in [1.82, 2.24) is 0 Å². The first-order valence-electron chi connectivity index (χ1n) is 5.57. The maximum Gasteiger partial charge on any atom is 0.416 e. The number of aryl methyl sites for hydroxylation is 2. The molecule has 1 aliphatic rings. The topological polar surface area (TPSA) is 0 Å². The van der Waals surface area contributed by atoms with Crippen LogP contribution in [0.4, 0.5) is 13.2 Å². The van der Waals surface area contributed by atoms with Crippen LogP contribution >= 0.6 is 0 Å². The molecule has 1 aromatic carbocycles. The Balaban J connectivity index is 2.56. The Hall–Kier alpha value is -0.990. The summed E-state index contributed by atoms with van der Waals surface area (Å²) in [6.07, 6.45) is -1.88. The molecule has 0 amide bonds. The normalized spacial score (nSPS) is 20.7. The molecular formula is C13H15F3. The van der Waals surface area contributed by atoms with Gasteiger partial charge in [-0.05, 0) is 49.3 Å². The van der Waals surface area contributed by atoms with Crippen molar-refractivity contribution in [2.45, 2.75) is 39.3 Å². The van der Waals surface area contributed by atoms with E-state index >= 15 is 0 Å². The maximum atomic E-state index is 12.9. The lowest BCUT2D eigenvalue weighted by atomic mass is 9.81. The molecule has 0 heterocycles. The molecule has 1 aliphatic carbocycles. The molecule has 0 radical (unpaired) electrons. The Labute approximate surface area is 93.5 Å². The van der Waals surface area contributed by atoms with Crippen LogP contribution in [0, 0.1) is 12.8 Å². The van der Waals surface area contributed by atoms with E-state index in [-0.39, 0.29) is 0 Å². The highest BCUT2D eigenvalue weighted by Gasteiger charge is 2.35. The summed E-state index contributed by atoms with van der Waals surface area (Å²) in [5.74, 6) is 0.358. The lowest BCUT2D eigenvalue weighted by molar-refractivity contribution is -0.138. The molecule has 0 saturated heterocycles. The fourth-order valence-corrected chi connectivity index (χ4v) is 2.46. The highest BCUT2D eigenvalue weighted by atomic mass is 19.4. The van der Waals surface area contributed by atoms with Crippen molar-refractivity contribution in [3.8, 4) is 0 Å². The van der Waals surface area contributed by atoms with Crippen LogP contribution in [0.5, 0.6) is 0 Å². The molecule has 0 saturated carbocycles. The van der Waals surface area contributed by atoms with Crippen LogP contribution in [0.3, 0.4) is 0 Å². The number of rotatable bonds is 0. The third-order valence-corrected chi connectivity index (χ3v) is 3.25. The standard InChI is InChI=1S/C13H15F3/c1-8-3-4-10-5-9(2)7-12(11(10)6-8)13(14,15)16/h5,7-8H,3-4,6H2,1-2H3.